The SMILES string of the molecule is CCC1CN(Cc2ccccc2)C(CO)=N1. The summed E-state index contributed by atoms with van der Waals surface area (Å²) in [5, 5.41) is 9.26. The van der Waals surface area contributed by atoms with Gasteiger partial charge in [0.1, 0.15) is 12.4 Å². The Morgan fingerprint density at radius 2 is 2.12 bits per heavy atom. The average molecular weight is 218 g/mol. The molecule has 0 radical (unpaired) electrons. The molecule has 1 aliphatic heterocycles. The average Bonchev–Trinajstić information content (AvgIpc) is 2.73. The number of aliphatic hydroxyl groups excluding tert-OH is 1. The maximum absolute atomic E-state index is 9.26. The van der Waals surface area contributed by atoms with Crippen LogP contribution in [0.5, 0.6) is 0 Å². The first kappa shape index (κ1) is 11.1. The summed E-state index contributed by atoms with van der Waals surface area (Å²) in [6, 6.07) is 10.7. The molecule has 16 heavy (non-hydrogen) atoms. The van der Waals surface area contributed by atoms with E-state index in [0.29, 0.717) is 6.04 Å². The number of aliphatic imine (C=N–C) groups is 1. The smallest absolute Gasteiger partial charge is 0.126 e. The van der Waals surface area contributed by atoms with Crippen LogP contribution < -0.4 is 0 Å². The second-order valence-electron chi connectivity index (χ2n) is 4.13. The van der Waals surface area contributed by atoms with Gasteiger partial charge in [0.25, 0.3) is 0 Å². The summed E-state index contributed by atoms with van der Waals surface area (Å²) in [6.07, 6.45) is 1.04. The van der Waals surface area contributed by atoms with Crippen LogP contribution in [0.1, 0.15) is 18.9 Å². The van der Waals surface area contributed by atoms with Crippen molar-refractivity contribution in [3.63, 3.8) is 0 Å². The van der Waals surface area contributed by atoms with Gasteiger partial charge in [0, 0.05) is 13.1 Å². The highest BCUT2D eigenvalue weighted by Gasteiger charge is 2.22. The van der Waals surface area contributed by atoms with Crippen molar-refractivity contribution in [1.82, 2.24) is 4.90 Å². The van der Waals surface area contributed by atoms with Gasteiger partial charge in [0.2, 0.25) is 0 Å². The molecule has 86 valence electrons. The van der Waals surface area contributed by atoms with Crippen LogP contribution in [0.2, 0.25) is 0 Å². The summed E-state index contributed by atoms with van der Waals surface area (Å²) < 4.78 is 0. The molecule has 0 aromatic heterocycles. The predicted molar refractivity (Wildman–Crippen MR) is 65.5 cm³/mol. The molecule has 1 aromatic carbocycles. The molecular formula is C13H18N2O. The van der Waals surface area contributed by atoms with E-state index >= 15 is 0 Å². The Hall–Kier alpha value is -1.35. The molecule has 1 atom stereocenters. The molecule has 1 aromatic rings. The van der Waals surface area contributed by atoms with E-state index in [-0.39, 0.29) is 6.61 Å². The van der Waals surface area contributed by atoms with Gasteiger partial charge in [-0.25, -0.2) is 0 Å². The first-order chi connectivity index (χ1) is 7.83. The molecule has 2 rings (SSSR count). The Kier molecular flexibility index (Phi) is 3.57. The highest BCUT2D eigenvalue weighted by molar-refractivity contribution is 5.85. The predicted octanol–water partition coefficient (Wildman–Crippen LogP) is 1.67. The van der Waals surface area contributed by atoms with Gasteiger partial charge in [0.15, 0.2) is 0 Å². The van der Waals surface area contributed by atoms with Gasteiger partial charge in [-0.05, 0) is 12.0 Å². The third kappa shape index (κ3) is 2.42. The number of benzene rings is 1. The van der Waals surface area contributed by atoms with Crippen molar-refractivity contribution < 1.29 is 5.11 Å². The Balaban J connectivity index is 2.03. The van der Waals surface area contributed by atoms with E-state index in [1.165, 1.54) is 5.56 Å². The molecule has 3 nitrogen and oxygen atoms in total. The third-order valence-corrected chi connectivity index (χ3v) is 2.96. The second-order valence-corrected chi connectivity index (χ2v) is 4.13. The molecule has 0 amide bonds. The van der Waals surface area contributed by atoms with Crippen LogP contribution in [0.4, 0.5) is 0 Å². The summed E-state index contributed by atoms with van der Waals surface area (Å²) >= 11 is 0. The van der Waals surface area contributed by atoms with Gasteiger partial charge in [-0.3, -0.25) is 4.99 Å². The molecule has 3 heteroatoms. The van der Waals surface area contributed by atoms with E-state index in [1.807, 2.05) is 18.2 Å². The fourth-order valence-corrected chi connectivity index (χ4v) is 2.01. The lowest BCUT2D eigenvalue weighted by Crippen LogP contribution is -2.30. The van der Waals surface area contributed by atoms with Crippen LogP contribution >= 0.6 is 0 Å². The maximum atomic E-state index is 9.26. The molecule has 1 N–H and O–H groups in total. The monoisotopic (exact) mass is 218 g/mol. The number of hydrogen-bond acceptors (Lipinski definition) is 3. The molecule has 1 aliphatic rings. The molecule has 0 fully saturated rings. The van der Waals surface area contributed by atoms with E-state index in [9.17, 15) is 5.11 Å². The largest absolute Gasteiger partial charge is 0.388 e. The lowest BCUT2D eigenvalue weighted by molar-refractivity contribution is 0.324. The van der Waals surface area contributed by atoms with Crippen molar-refractivity contribution in [2.24, 2.45) is 4.99 Å². The first-order valence-electron chi connectivity index (χ1n) is 5.80. The van der Waals surface area contributed by atoms with Crippen LogP contribution in [0.3, 0.4) is 0 Å². The van der Waals surface area contributed by atoms with Crippen LogP contribution in [-0.2, 0) is 6.54 Å². The number of nitrogens with zero attached hydrogens (tertiary/aromatic N) is 2. The van der Waals surface area contributed by atoms with Crippen molar-refractivity contribution in [2.45, 2.75) is 25.9 Å². The fourth-order valence-electron chi connectivity index (χ4n) is 2.01. The van der Waals surface area contributed by atoms with Crippen molar-refractivity contribution >= 4 is 5.84 Å². The molecular weight excluding hydrogens is 200 g/mol. The Morgan fingerprint density at radius 1 is 1.38 bits per heavy atom. The summed E-state index contributed by atoms with van der Waals surface area (Å²) in [4.78, 5) is 6.67. The zero-order valence-corrected chi connectivity index (χ0v) is 9.63. The number of hydrogen-bond donors (Lipinski definition) is 1. The van der Waals surface area contributed by atoms with E-state index < -0.39 is 0 Å². The minimum atomic E-state index is 0.0450. The van der Waals surface area contributed by atoms with Gasteiger partial charge in [-0.15, -0.1) is 0 Å². The summed E-state index contributed by atoms with van der Waals surface area (Å²) in [7, 11) is 0. The Bertz CT molecular complexity index is 361. The zero-order valence-electron chi connectivity index (χ0n) is 9.63. The summed E-state index contributed by atoms with van der Waals surface area (Å²) in [5.74, 6) is 0.829. The minimum Gasteiger partial charge on any atom is -0.388 e. The van der Waals surface area contributed by atoms with Gasteiger partial charge < -0.3 is 10.0 Å². The second kappa shape index (κ2) is 5.12. The van der Waals surface area contributed by atoms with Crippen molar-refractivity contribution in [1.29, 1.82) is 0 Å². The molecule has 0 saturated heterocycles. The van der Waals surface area contributed by atoms with E-state index in [4.69, 9.17) is 0 Å². The highest BCUT2D eigenvalue weighted by Crippen LogP contribution is 2.15. The molecule has 0 saturated carbocycles. The maximum Gasteiger partial charge on any atom is 0.126 e. The quantitative estimate of drug-likeness (QED) is 0.834. The number of aliphatic hydroxyl groups is 1. The van der Waals surface area contributed by atoms with Gasteiger partial charge >= 0.3 is 0 Å². The van der Waals surface area contributed by atoms with Crippen LogP contribution in [0, 0.1) is 0 Å². The molecule has 1 unspecified atom stereocenters. The normalized spacial score (nSPS) is 20.0. The van der Waals surface area contributed by atoms with Crippen LogP contribution in [0.15, 0.2) is 35.3 Å². The van der Waals surface area contributed by atoms with E-state index in [1.54, 1.807) is 0 Å². The zero-order chi connectivity index (χ0) is 11.4. The topological polar surface area (TPSA) is 35.8 Å². The fraction of sp³-hybridized carbons (Fsp3) is 0.462. The lowest BCUT2D eigenvalue weighted by Gasteiger charge is -2.19. The highest BCUT2D eigenvalue weighted by atomic mass is 16.3. The number of rotatable bonds is 4. The Morgan fingerprint density at radius 3 is 2.75 bits per heavy atom. The van der Waals surface area contributed by atoms with Crippen molar-refractivity contribution in [3.8, 4) is 0 Å². The summed E-state index contributed by atoms with van der Waals surface area (Å²) in [6.45, 7) is 3.95. The van der Waals surface area contributed by atoms with Gasteiger partial charge in [-0.2, -0.15) is 0 Å². The standard InChI is InChI=1S/C13H18N2O/c1-2-12-9-15(13(10-16)14-12)8-11-6-4-3-5-7-11/h3-7,12,16H,2,8-10H2,1H3. The lowest BCUT2D eigenvalue weighted by atomic mass is 10.2. The van der Waals surface area contributed by atoms with Crippen molar-refractivity contribution in [2.75, 3.05) is 13.2 Å². The molecule has 1 heterocycles. The third-order valence-electron chi connectivity index (χ3n) is 2.96. The number of amidine groups is 1. The van der Waals surface area contributed by atoms with Crippen LogP contribution in [0.25, 0.3) is 0 Å². The van der Waals surface area contributed by atoms with Crippen LogP contribution in [-0.4, -0.2) is 35.0 Å². The van der Waals surface area contributed by atoms with Gasteiger partial charge in [-0.1, -0.05) is 37.3 Å². The first-order valence-corrected chi connectivity index (χ1v) is 5.80. The van der Waals surface area contributed by atoms with E-state index in [2.05, 4.69) is 28.9 Å². The Labute approximate surface area is 96.4 Å². The molecule has 0 spiro atoms. The van der Waals surface area contributed by atoms with E-state index in [0.717, 1.165) is 25.3 Å². The van der Waals surface area contributed by atoms with Gasteiger partial charge in [0.05, 0.1) is 6.04 Å². The molecule has 0 bridgehead atoms. The van der Waals surface area contributed by atoms with Crippen molar-refractivity contribution in [3.05, 3.63) is 35.9 Å². The molecule has 0 aliphatic carbocycles. The minimum absolute atomic E-state index is 0.0450. The summed E-state index contributed by atoms with van der Waals surface area (Å²) in [5.41, 5.74) is 1.26.